The van der Waals surface area contributed by atoms with E-state index < -0.39 is 0 Å². The monoisotopic (exact) mass is 584 g/mol. The summed E-state index contributed by atoms with van der Waals surface area (Å²) in [4.78, 5) is 9.27. The Morgan fingerprint density at radius 2 is 1.47 bits per heavy atom. The number of rotatable bonds is 4. The molecular weight excluding hydrogens is 569 g/mol. The van der Waals surface area contributed by atoms with Crippen molar-refractivity contribution in [3.63, 3.8) is 0 Å². The van der Waals surface area contributed by atoms with Gasteiger partial charge < -0.3 is 0 Å². The van der Waals surface area contributed by atoms with Crippen LogP contribution >= 0.6 is 106 Å². The summed E-state index contributed by atoms with van der Waals surface area (Å²) in [6.07, 6.45) is 1.82. The van der Waals surface area contributed by atoms with E-state index in [1.807, 2.05) is 125 Å². The Balaban J connectivity index is 1.07. The highest BCUT2D eigenvalue weighted by atomic mass is 32.3. The van der Waals surface area contributed by atoms with Gasteiger partial charge in [-0.3, -0.25) is 4.98 Å². The molecule has 2 aromatic rings. The van der Waals surface area contributed by atoms with E-state index in [-0.39, 0.29) is 0 Å². The van der Waals surface area contributed by atoms with Crippen LogP contribution in [-0.4, -0.2) is 38.2 Å². The van der Waals surface area contributed by atoms with Crippen LogP contribution in [0.1, 0.15) is 0 Å². The highest BCUT2D eigenvalue weighted by Crippen LogP contribution is 2.68. The Labute approximate surface area is 226 Å². The Morgan fingerprint density at radius 3 is 2.22 bits per heavy atom. The van der Waals surface area contributed by atoms with Crippen molar-refractivity contribution in [3.8, 4) is 11.4 Å². The standard InChI is InChI=1S/C21H16N2S9/c1-2-7-22-13(4-1)14-5-3-6-15(23-14)26-10-12-11-27-18-19(28-12)32-21(31-18)20-29-16-17(30-20)25-9-8-24-16/h1-7,12H,8-11H2/t12-/m0/s1. The van der Waals surface area contributed by atoms with Gasteiger partial charge in [-0.15, -0.1) is 58.8 Å². The summed E-state index contributed by atoms with van der Waals surface area (Å²) < 4.78 is 9.11. The lowest BCUT2D eigenvalue weighted by molar-refractivity contribution is 1.10. The lowest BCUT2D eigenvalue weighted by Crippen LogP contribution is -2.12. The van der Waals surface area contributed by atoms with E-state index in [1.54, 1.807) is 0 Å². The molecule has 0 N–H and O–H groups in total. The summed E-state index contributed by atoms with van der Waals surface area (Å²) in [5, 5.41) is 1.70. The summed E-state index contributed by atoms with van der Waals surface area (Å²) in [7, 11) is 0. The van der Waals surface area contributed by atoms with Gasteiger partial charge in [0.2, 0.25) is 0 Å². The van der Waals surface area contributed by atoms with E-state index >= 15 is 0 Å². The van der Waals surface area contributed by atoms with Crippen molar-refractivity contribution in [3.05, 3.63) is 68.0 Å². The summed E-state index contributed by atoms with van der Waals surface area (Å²) in [6.45, 7) is 0. The first-order valence-electron chi connectivity index (χ1n) is 9.82. The molecule has 0 amide bonds. The Hall–Kier alpha value is 0.670. The van der Waals surface area contributed by atoms with Gasteiger partial charge in [-0.25, -0.2) is 4.98 Å². The SMILES string of the molecule is c1ccc(-c2cccc(SC[C@H]3CSC4=C(SC(=C5SC6=C(SCCS6)S5)S4)S3)n2)nc1. The maximum atomic E-state index is 4.84. The van der Waals surface area contributed by atoms with Gasteiger partial charge in [0.1, 0.15) is 0 Å². The molecule has 0 aliphatic carbocycles. The van der Waals surface area contributed by atoms with E-state index in [4.69, 9.17) is 4.98 Å². The Morgan fingerprint density at radius 1 is 0.750 bits per heavy atom. The van der Waals surface area contributed by atoms with Gasteiger partial charge in [-0.05, 0) is 24.3 Å². The van der Waals surface area contributed by atoms with Crippen molar-refractivity contribution in [1.82, 2.24) is 9.97 Å². The molecule has 0 fully saturated rings. The third-order valence-electron chi connectivity index (χ3n) is 4.53. The lowest BCUT2D eigenvalue weighted by Gasteiger charge is -2.20. The average molecular weight is 585 g/mol. The summed E-state index contributed by atoms with van der Waals surface area (Å²) in [5.41, 5.74) is 1.88. The largest absolute Gasteiger partial charge is 0.255 e. The Bertz CT molecular complexity index is 1110. The molecule has 0 saturated heterocycles. The van der Waals surface area contributed by atoms with Crippen LogP contribution in [0.5, 0.6) is 0 Å². The van der Waals surface area contributed by atoms with Crippen molar-refractivity contribution in [1.29, 1.82) is 0 Å². The molecule has 0 saturated carbocycles. The fourth-order valence-corrected chi connectivity index (χ4v) is 16.9. The van der Waals surface area contributed by atoms with E-state index in [1.165, 1.54) is 42.7 Å². The van der Waals surface area contributed by atoms with Crippen LogP contribution in [0, 0.1) is 0 Å². The van der Waals surface area contributed by atoms with Crippen LogP contribution in [-0.2, 0) is 0 Å². The molecule has 0 radical (unpaired) electrons. The summed E-state index contributed by atoms with van der Waals surface area (Å²) in [6, 6.07) is 12.2. The summed E-state index contributed by atoms with van der Waals surface area (Å²) in [5.74, 6) is 4.75. The minimum Gasteiger partial charge on any atom is -0.255 e. The number of nitrogens with zero attached hydrogens (tertiary/aromatic N) is 2. The number of thioether (sulfide) groups is 9. The second kappa shape index (κ2) is 10.7. The molecule has 4 aliphatic rings. The van der Waals surface area contributed by atoms with Gasteiger partial charge in [0, 0.05) is 34.5 Å². The number of hydrogen-bond donors (Lipinski definition) is 0. The number of hydrogen-bond acceptors (Lipinski definition) is 11. The number of aromatic nitrogens is 2. The average Bonchev–Trinajstić information content (AvgIpc) is 3.47. The van der Waals surface area contributed by atoms with Gasteiger partial charge in [0.15, 0.2) is 0 Å². The maximum Gasteiger partial charge on any atom is 0.0968 e. The topological polar surface area (TPSA) is 25.8 Å². The quantitative estimate of drug-likeness (QED) is 0.322. The number of pyridine rings is 2. The van der Waals surface area contributed by atoms with Crippen molar-refractivity contribution >= 4 is 106 Å². The molecule has 1 atom stereocenters. The fraction of sp³-hybridized carbons (Fsp3) is 0.238. The fourth-order valence-electron chi connectivity index (χ4n) is 3.08. The van der Waals surface area contributed by atoms with Crippen LogP contribution in [0.2, 0.25) is 0 Å². The van der Waals surface area contributed by atoms with E-state index in [0.717, 1.165) is 22.2 Å². The minimum absolute atomic E-state index is 0.614. The van der Waals surface area contributed by atoms with Gasteiger partial charge in [-0.1, -0.05) is 59.2 Å². The van der Waals surface area contributed by atoms with Crippen LogP contribution in [0.3, 0.4) is 0 Å². The molecule has 6 rings (SSSR count). The van der Waals surface area contributed by atoms with E-state index in [9.17, 15) is 0 Å². The van der Waals surface area contributed by atoms with Crippen molar-refractivity contribution in [2.24, 2.45) is 0 Å². The summed E-state index contributed by atoms with van der Waals surface area (Å²) >= 11 is 18.1. The first-order chi connectivity index (χ1) is 15.8. The van der Waals surface area contributed by atoms with Crippen molar-refractivity contribution < 1.29 is 0 Å². The molecular formula is C21H16N2S9. The molecule has 6 heterocycles. The molecule has 0 spiro atoms. The predicted octanol–water partition coefficient (Wildman–Crippen LogP) is 8.90. The van der Waals surface area contributed by atoms with Crippen LogP contribution in [0.25, 0.3) is 11.4 Å². The van der Waals surface area contributed by atoms with E-state index in [2.05, 4.69) is 28.9 Å². The molecule has 11 heteroatoms. The van der Waals surface area contributed by atoms with Crippen molar-refractivity contribution in [2.45, 2.75) is 10.3 Å². The van der Waals surface area contributed by atoms with Gasteiger partial charge in [-0.2, -0.15) is 0 Å². The first kappa shape index (κ1) is 23.1. The molecule has 0 bridgehead atoms. The zero-order chi connectivity index (χ0) is 21.3. The second-order valence-corrected chi connectivity index (χ2v) is 18.0. The minimum atomic E-state index is 0.614. The molecule has 0 aromatic carbocycles. The predicted molar refractivity (Wildman–Crippen MR) is 158 cm³/mol. The van der Waals surface area contributed by atoms with Gasteiger partial charge in [0.25, 0.3) is 0 Å². The van der Waals surface area contributed by atoms with Crippen LogP contribution < -0.4 is 0 Å². The highest BCUT2D eigenvalue weighted by molar-refractivity contribution is 8.45. The van der Waals surface area contributed by atoms with Gasteiger partial charge in [0.05, 0.1) is 41.8 Å². The highest BCUT2D eigenvalue weighted by Gasteiger charge is 2.34. The molecule has 2 aromatic heterocycles. The zero-order valence-corrected chi connectivity index (χ0v) is 23.9. The molecule has 164 valence electrons. The third-order valence-corrected chi connectivity index (χ3v) is 18.2. The smallest absolute Gasteiger partial charge is 0.0968 e. The third kappa shape index (κ3) is 5.26. The van der Waals surface area contributed by atoms with Gasteiger partial charge >= 0.3 is 0 Å². The maximum absolute atomic E-state index is 4.84. The zero-order valence-electron chi connectivity index (χ0n) is 16.5. The molecule has 0 unspecified atom stereocenters. The molecule has 32 heavy (non-hydrogen) atoms. The second-order valence-electron chi connectivity index (χ2n) is 6.77. The van der Waals surface area contributed by atoms with Crippen LogP contribution in [0.4, 0.5) is 0 Å². The van der Waals surface area contributed by atoms with Crippen LogP contribution in [0.15, 0.2) is 73.0 Å². The van der Waals surface area contributed by atoms with E-state index in [0.29, 0.717) is 5.25 Å². The normalized spacial score (nSPS) is 23.1. The molecule has 4 aliphatic heterocycles. The Kier molecular flexibility index (Phi) is 7.75. The molecule has 2 nitrogen and oxygen atoms in total. The lowest BCUT2D eigenvalue weighted by atomic mass is 10.2. The first-order valence-corrected chi connectivity index (χ1v) is 17.9. The van der Waals surface area contributed by atoms with Crippen molar-refractivity contribution in [2.75, 3.05) is 23.0 Å².